The van der Waals surface area contributed by atoms with Gasteiger partial charge in [-0.25, -0.2) is 0 Å². The second-order valence-electron chi connectivity index (χ2n) is 7.03. The van der Waals surface area contributed by atoms with Gasteiger partial charge in [-0.05, 0) is 62.2 Å². The van der Waals surface area contributed by atoms with Crippen LogP contribution in [0.2, 0.25) is 0 Å². The van der Waals surface area contributed by atoms with Crippen LogP contribution in [0.4, 0.5) is 0 Å². The van der Waals surface area contributed by atoms with E-state index in [2.05, 4.69) is 17.1 Å². The van der Waals surface area contributed by atoms with Crippen molar-refractivity contribution in [1.29, 1.82) is 0 Å². The summed E-state index contributed by atoms with van der Waals surface area (Å²) < 4.78 is 16.2. The third-order valence-electron chi connectivity index (χ3n) is 5.23. The minimum atomic E-state index is -0.141. The molecule has 1 unspecified atom stereocenters. The molecule has 0 saturated carbocycles. The van der Waals surface area contributed by atoms with Crippen molar-refractivity contribution < 1.29 is 18.7 Å². The zero-order valence-corrected chi connectivity index (χ0v) is 16.2. The summed E-state index contributed by atoms with van der Waals surface area (Å²) in [6.45, 7) is 4.81. The lowest BCUT2D eigenvalue weighted by Crippen LogP contribution is -2.41. The number of rotatable bonds is 7. The highest BCUT2D eigenvalue weighted by Gasteiger charge is 2.27. The van der Waals surface area contributed by atoms with Gasteiger partial charge in [-0.2, -0.15) is 0 Å². The number of likely N-dealkylation sites (tertiary alicyclic amines) is 1. The fourth-order valence-corrected chi connectivity index (χ4v) is 3.50. The van der Waals surface area contributed by atoms with Gasteiger partial charge in [-0.15, -0.1) is 0 Å². The second-order valence-corrected chi connectivity index (χ2v) is 7.03. The molecule has 1 saturated heterocycles. The number of nitrogens with zero attached hydrogens (tertiary/aromatic N) is 1. The number of amides is 1. The van der Waals surface area contributed by atoms with Crippen LogP contribution in [0, 0.1) is 5.92 Å². The van der Waals surface area contributed by atoms with E-state index in [0.29, 0.717) is 23.6 Å². The Balaban J connectivity index is 1.69. The highest BCUT2D eigenvalue weighted by molar-refractivity contribution is 5.94. The molecule has 1 N–H and O–H groups in total. The largest absolute Gasteiger partial charge is 0.493 e. The molecule has 0 bridgehead atoms. The molecule has 2 heterocycles. The predicted octanol–water partition coefficient (Wildman–Crippen LogP) is 3.50. The van der Waals surface area contributed by atoms with Crippen molar-refractivity contribution >= 4 is 5.91 Å². The average Bonchev–Trinajstić information content (AvgIpc) is 3.23. The van der Waals surface area contributed by atoms with Gasteiger partial charge < -0.3 is 19.2 Å². The topological polar surface area (TPSA) is 63.9 Å². The van der Waals surface area contributed by atoms with Crippen LogP contribution < -0.4 is 14.8 Å². The molecular formula is C21H28N2O4. The maximum atomic E-state index is 12.7. The Labute approximate surface area is 160 Å². The molecule has 1 amide bonds. The first-order valence-corrected chi connectivity index (χ1v) is 9.40. The van der Waals surface area contributed by atoms with Gasteiger partial charge in [0.25, 0.3) is 5.91 Å². The monoisotopic (exact) mass is 372 g/mol. The maximum absolute atomic E-state index is 12.7. The first-order valence-electron chi connectivity index (χ1n) is 9.40. The fraction of sp³-hybridized carbons (Fsp3) is 0.476. The molecule has 0 aliphatic carbocycles. The summed E-state index contributed by atoms with van der Waals surface area (Å²) in [5.41, 5.74) is 0.540. The van der Waals surface area contributed by atoms with Crippen molar-refractivity contribution in [3.8, 4) is 11.5 Å². The van der Waals surface area contributed by atoms with Crippen molar-refractivity contribution in [3.05, 3.63) is 47.9 Å². The molecule has 1 aromatic heterocycles. The lowest BCUT2D eigenvalue weighted by Gasteiger charge is -2.35. The number of furan rings is 1. The van der Waals surface area contributed by atoms with E-state index in [1.54, 1.807) is 38.7 Å². The predicted molar refractivity (Wildman–Crippen MR) is 103 cm³/mol. The summed E-state index contributed by atoms with van der Waals surface area (Å²) in [5, 5.41) is 3.05. The van der Waals surface area contributed by atoms with E-state index < -0.39 is 0 Å². The summed E-state index contributed by atoms with van der Waals surface area (Å²) in [7, 11) is 3.13. The number of piperidine rings is 1. The molecule has 6 nitrogen and oxygen atoms in total. The zero-order valence-electron chi connectivity index (χ0n) is 16.2. The summed E-state index contributed by atoms with van der Waals surface area (Å²) in [5.74, 6) is 2.64. The summed E-state index contributed by atoms with van der Waals surface area (Å²) in [6.07, 6.45) is 4.02. The van der Waals surface area contributed by atoms with Crippen LogP contribution in [0.25, 0.3) is 0 Å². The molecule has 3 rings (SSSR count). The SMILES string of the molecule is COc1ccc(C(=O)NCC(c2ccco2)N2CCC(C)CC2)cc1OC. The molecule has 1 atom stereocenters. The van der Waals surface area contributed by atoms with Gasteiger partial charge in [0, 0.05) is 12.1 Å². The molecular weight excluding hydrogens is 344 g/mol. The molecule has 2 aromatic rings. The van der Waals surface area contributed by atoms with Crippen LogP contribution in [-0.4, -0.2) is 44.7 Å². The van der Waals surface area contributed by atoms with Gasteiger partial charge >= 0.3 is 0 Å². The highest BCUT2D eigenvalue weighted by Crippen LogP contribution is 2.29. The molecule has 27 heavy (non-hydrogen) atoms. The third-order valence-corrected chi connectivity index (χ3v) is 5.23. The normalized spacial score (nSPS) is 16.7. The number of nitrogens with one attached hydrogen (secondary N) is 1. The number of carbonyl (C=O) groups excluding carboxylic acids is 1. The van der Waals surface area contributed by atoms with E-state index >= 15 is 0 Å². The van der Waals surface area contributed by atoms with E-state index in [-0.39, 0.29) is 11.9 Å². The Morgan fingerprint density at radius 3 is 2.59 bits per heavy atom. The fourth-order valence-electron chi connectivity index (χ4n) is 3.50. The first kappa shape index (κ1) is 19.3. The van der Waals surface area contributed by atoms with Gasteiger partial charge in [0.1, 0.15) is 5.76 Å². The molecule has 0 radical (unpaired) electrons. The molecule has 6 heteroatoms. The Bertz CT molecular complexity index is 737. The Morgan fingerprint density at radius 2 is 1.96 bits per heavy atom. The standard InChI is InChI=1S/C21H28N2O4/c1-15-8-10-23(11-9-15)17(18-5-4-12-27-18)14-22-21(24)16-6-7-19(25-2)20(13-16)26-3/h4-7,12-13,15,17H,8-11,14H2,1-3H3,(H,22,24). The van der Waals surface area contributed by atoms with Gasteiger partial charge in [-0.3, -0.25) is 9.69 Å². The lowest BCUT2D eigenvalue weighted by molar-refractivity contribution is 0.0895. The van der Waals surface area contributed by atoms with Crippen LogP contribution >= 0.6 is 0 Å². The van der Waals surface area contributed by atoms with Crippen molar-refractivity contribution in [2.24, 2.45) is 5.92 Å². The van der Waals surface area contributed by atoms with Crippen molar-refractivity contribution in [2.75, 3.05) is 33.9 Å². The highest BCUT2D eigenvalue weighted by atomic mass is 16.5. The number of carbonyl (C=O) groups is 1. The first-order chi connectivity index (χ1) is 13.1. The van der Waals surface area contributed by atoms with Gasteiger partial charge in [0.15, 0.2) is 11.5 Å². The summed E-state index contributed by atoms with van der Waals surface area (Å²) in [6, 6.07) is 9.08. The molecule has 1 aliphatic heterocycles. The van der Waals surface area contributed by atoms with Crippen LogP contribution in [0.1, 0.15) is 41.9 Å². The van der Waals surface area contributed by atoms with Gasteiger partial charge in [-0.1, -0.05) is 6.92 Å². The van der Waals surface area contributed by atoms with Gasteiger partial charge in [0.05, 0.1) is 26.5 Å². The number of ether oxygens (including phenoxy) is 2. The zero-order chi connectivity index (χ0) is 19.2. The number of benzene rings is 1. The minimum absolute atomic E-state index is 0.0385. The van der Waals surface area contributed by atoms with Crippen molar-refractivity contribution in [1.82, 2.24) is 10.2 Å². The summed E-state index contributed by atoms with van der Waals surface area (Å²) >= 11 is 0. The molecule has 1 aromatic carbocycles. The number of hydrogen-bond acceptors (Lipinski definition) is 5. The van der Waals surface area contributed by atoms with Crippen LogP contribution in [0.5, 0.6) is 11.5 Å². The lowest BCUT2D eigenvalue weighted by atomic mass is 9.97. The van der Waals surface area contributed by atoms with E-state index in [1.165, 1.54) is 12.8 Å². The van der Waals surface area contributed by atoms with Crippen molar-refractivity contribution in [3.63, 3.8) is 0 Å². The van der Waals surface area contributed by atoms with Gasteiger partial charge in [0.2, 0.25) is 0 Å². The van der Waals surface area contributed by atoms with Crippen LogP contribution in [0.3, 0.4) is 0 Å². The molecule has 0 spiro atoms. The van der Waals surface area contributed by atoms with Crippen LogP contribution in [0.15, 0.2) is 41.0 Å². The quantitative estimate of drug-likeness (QED) is 0.806. The van der Waals surface area contributed by atoms with E-state index in [1.807, 2.05) is 12.1 Å². The smallest absolute Gasteiger partial charge is 0.251 e. The Kier molecular flexibility index (Phi) is 6.40. The Hall–Kier alpha value is -2.47. The summed E-state index contributed by atoms with van der Waals surface area (Å²) in [4.78, 5) is 15.1. The number of hydrogen-bond donors (Lipinski definition) is 1. The van der Waals surface area contributed by atoms with E-state index in [9.17, 15) is 4.79 Å². The second kappa shape index (κ2) is 8.95. The molecule has 1 fully saturated rings. The van der Waals surface area contributed by atoms with E-state index in [0.717, 1.165) is 24.8 Å². The molecule has 146 valence electrons. The maximum Gasteiger partial charge on any atom is 0.251 e. The number of methoxy groups -OCH3 is 2. The minimum Gasteiger partial charge on any atom is -0.493 e. The molecule has 1 aliphatic rings. The third kappa shape index (κ3) is 4.63. The Morgan fingerprint density at radius 1 is 1.22 bits per heavy atom. The van der Waals surface area contributed by atoms with Crippen LogP contribution in [-0.2, 0) is 0 Å². The van der Waals surface area contributed by atoms with Crippen molar-refractivity contribution in [2.45, 2.75) is 25.8 Å². The van der Waals surface area contributed by atoms with E-state index in [4.69, 9.17) is 13.9 Å². The average molecular weight is 372 g/mol.